The fraction of sp³-hybridized carbons (Fsp3) is 0.480. The lowest BCUT2D eigenvalue weighted by atomic mass is 9.87. The summed E-state index contributed by atoms with van der Waals surface area (Å²) in [5.74, 6) is 0.340. The first-order valence-electron chi connectivity index (χ1n) is 11.3. The molecule has 1 aromatic heterocycles. The number of likely N-dealkylation sites (N-methyl/N-ethyl adjacent to an activating group) is 1. The van der Waals surface area contributed by atoms with E-state index < -0.39 is 6.04 Å². The predicted molar refractivity (Wildman–Crippen MR) is 118 cm³/mol. The van der Waals surface area contributed by atoms with Gasteiger partial charge in [-0.15, -0.1) is 0 Å². The molecule has 2 aromatic rings. The Kier molecular flexibility index (Phi) is 6.46. The van der Waals surface area contributed by atoms with E-state index in [-0.39, 0.29) is 17.7 Å². The first-order chi connectivity index (χ1) is 14.7. The zero-order valence-electron chi connectivity index (χ0n) is 17.8. The van der Waals surface area contributed by atoms with E-state index >= 15 is 0 Å². The van der Waals surface area contributed by atoms with Gasteiger partial charge in [-0.3, -0.25) is 14.6 Å². The van der Waals surface area contributed by atoms with E-state index in [9.17, 15) is 9.59 Å². The highest BCUT2D eigenvalue weighted by molar-refractivity contribution is 5.90. The summed E-state index contributed by atoms with van der Waals surface area (Å²) in [6, 6.07) is 11.7. The minimum absolute atomic E-state index is 0.0777. The molecule has 1 aliphatic heterocycles. The first-order valence-corrected chi connectivity index (χ1v) is 11.3. The van der Waals surface area contributed by atoms with Gasteiger partial charge in [-0.25, -0.2) is 0 Å². The second-order valence-electron chi connectivity index (χ2n) is 8.40. The third kappa shape index (κ3) is 4.25. The maximum atomic E-state index is 13.4. The van der Waals surface area contributed by atoms with Crippen molar-refractivity contribution >= 4 is 11.8 Å². The minimum atomic E-state index is -0.425. The Morgan fingerprint density at radius 1 is 1.07 bits per heavy atom. The average molecular weight is 406 g/mol. The van der Waals surface area contributed by atoms with E-state index in [1.54, 1.807) is 6.20 Å². The third-order valence-electron chi connectivity index (χ3n) is 6.61. The number of hydrogen-bond acceptors (Lipinski definition) is 3. The van der Waals surface area contributed by atoms with Crippen LogP contribution in [-0.2, 0) is 16.0 Å². The molecule has 0 radical (unpaired) electrons. The van der Waals surface area contributed by atoms with Crippen molar-refractivity contribution in [1.29, 1.82) is 0 Å². The molecule has 1 saturated heterocycles. The van der Waals surface area contributed by atoms with Crippen molar-refractivity contribution in [1.82, 2.24) is 14.8 Å². The predicted octanol–water partition coefficient (Wildman–Crippen LogP) is 3.93. The number of carbonyl (C=O) groups is 2. The molecule has 2 heterocycles. The number of benzene rings is 1. The van der Waals surface area contributed by atoms with Gasteiger partial charge in [0.15, 0.2) is 0 Å². The molecule has 0 spiro atoms. The van der Waals surface area contributed by atoms with Gasteiger partial charge in [0.25, 0.3) is 0 Å². The lowest BCUT2D eigenvalue weighted by Crippen LogP contribution is -2.60. The van der Waals surface area contributed by atoms with Crippen molar-refractivity contribution < 1.29 is 9.59 Å². The van der Waals surface area contributed by atoms with Gasteiger partial charge in [0.1, 0.15) is 6.04 Å². The van der Waals surface area contributed by atoms with Crippen LogP contribution in [0.25, 0.3) is 11.1 Å². The van der Waals surface area contributed by atoms with Crippen molar-refractivity contribution in [2.24, 2.45) is 5.92 Å². The van der Waals surface area contributed by atoms with Gasteiger partial charge >= 0.3 is 0 Å². The van der Waals surface area contributed by atoms with Gasteiger partial charge in [-0.05, 0) is 37.0 Å². The van der Waals surface area contributed by atoms with Crippen LogP contribution in [0.4, 0.5) is 0 Å². The largest absolute Gasteiger partial charge is 0.339 e. The van der Waals surface area contributed by atoms with Crippen molar-refractivity contribution in [2.75, 3.05) is 19.6 Å². The summed E-state index contributed by atoms with van der Waals surface area (Å²) in [5, 5.41) is 0. The fourth-order valence-corrected chi connectivity index (χ4v) is 4.91. The highest BCUT2D eigenvalue weighted by Crippen LogP contribution is 2.30. The average Bonchev–Trinajstić information content (AvgIpc) is 2.81. The second kappa shape index (κ2) is 9.41. The number of carbonyl (C=O) groups excluding carboxylic acids is 2. The van der Waals surface area contributed by atoms with Gasteiger partial charge in [0.05, 0.1) is 0 Å². The van der Waals surface area contributed by atoms with Crippen LogP contribution < -0.4 is 0 Å². The van der Waals surface area contributed by atoms with Crippen LogP contribution in [0.5, 0.6) is 0 Å². The number of pyridine rings is 1. The summed E-state index contributed by atoms with van der Waals surface area (Å²) in [4.78, 5) is 34.8. The van der Waals surface area contributed by atoms with Crippen LogP contribution in [-0.4, -0.2) is 52.3 Å². The number of hydrogen-bond donors (Lipinski definition) is 0. The Bertz CT molecular complexity index is 877. The third-order valence-corrected chi connectivity index (χ3v) is 6.61. The molecule has 1 saturated carbocycles. The standard InChI is InChI=1S/C25H31N3O2/c1-2-27-15-16-28(24(29)19-9-4-3-5-10-19)23(25(27)30)17-20-11-6-7-13-22(20)21-12-8-14-26-18-21/h6-8,11-14,18-19,23H,2-5,9-10,15-17H2,1H3. The van der Waals surface area contributed by atoms with Crippen LogP contribution in [0.3, 0.4) is 0 Å². The summed E-state index contributed by atoms with van der Waals surface area (Å²) in [7, 11) is 0. The minimum Gasteiger partial charge on any atom is -0.339 e. The van der Waals surface area contributed by atoms with Crippen LogP contribution in [0.2, 0.25) is 0 Å². The molecule has 0 N–H and O–H groups in total. The molecule has 2 fully saturated rings. The van der Waals surface area contributed by atoms with Crippen LogP contribution in [0.1, 0.15) is 44.6 Å². The summed E-state index contributed by atoms with van der Waals surface area (Å²) in [6.45, 7) is 3.96. The number of rotatable bonds is 5. The molecule has 2 amide bonds. The van der Waals surface area contributed by atoms with Gasteiger partial charge < -0.3 is 9.80 Å². The van der Waals surface area contributed by atoms with Gasteiger partial charge in [-0.2, -0.15) is 0 Å². The van der Waals surface area contributed by atoms with E-state index in [0.29, 0.717) is 26.1 Å². The van der Waals surface area contributed by atoms with Crippen molar-refractivity contribution in [3.63, 3.8) is 0 Å². The molecule has 4 rings (SSSR count). The maximum absolute atomic E-state index is 13.4. The molecule has 0 bridgehead atoms. The second-order valence-corrected chi connectivity index (χ2v) is 8.40. The first kappa shape index (κ1) is 20.6. The zero-order chi connectivity index (χ0) is 20.9. The molecule has 1 unspecified atom stereocenters. The van der Waals surface area contributed by atoms with E-state index in [2.05, 4.69) is 17.1 Å². The molecular weight excluding hydrogens is 374 g/mol. The van der Waals surface area contributed by atoms with Gasteiger partial charge in [-0.1, -0.05) is 49.6 Å². The zero-order valence-corrected chi connectivity index (χ0v) is 17.8. The Hall–Kier alpha value is -2.69. The van der Waals surface area contributed by atoms with E-state index in [1.165, 1.54) is 6.42 Å². The topological polar surface area (TPSA) is 53.5 Å². The highest BCUT2D eigenvalue weighted by atomic mass is 16.2. The Labute approximate surface area is 179 Å². The molecule has 1 aromatic carbocycles. The monoisotopic (exact) mass is 405 g/mol. The molecular formula is C25H31N3O2. The lowest BCUT2D eigenvalue weighted by molar-refractivity contribution is -0.154. The van der Waals surface area contributed by atoms with Crippen molar-refractivity contribution in [3.8, 4) is 11.1 Å². The smallest absolute Gasteiger partial charge is 0.245 e. The number of nitrogens with zero attached hydrogens (tertiary/aromatic N) is 3. The van der Waals surface area contributed by atoms with Crippen molar-refractivity contribution in [3.05, 3.63) is 54.4 Å². The van der Waals surface area contributed by atoms with Crippen LogP contribution >= 0.6 is 0 Å². The number of piperazine rings is 1. The van der Waals surface area contributed by atoms with Crippen molar-refractivity contribution in [2.45, 2.75) is 51.5 Å². The summed E-state index contributed by atoms with van der Waals surface area (Å²) in [6.07, 6.45) is 9.53. The molecule has 2 aliphatic rings. The van der Waals surface area contributed by atoms with Crippen LogP contribution in [0.15, 0.2) is 48.8 Å². The van der Waals surface area contributed by atoms with Gasteiger partial charge in [0, 0.05) is 49.9 Å². The Balaban J connectivity index is 1.63. The summed E-state index contributed by atoms with van der Waals surface area (Å²) < 4.78 is 0. The molecule has 158 valence electrons. The normalized spacial score (nSPS) is 20.4. The van der Waals surface area contributed by atoms with Gasteiger partial charge in [0.2, 0.25) is 11.8 Å². The van der Waals surface area contributed by atoms with E-state index in [0.717, 1.165) is 42.4 Å². The molecule has 30 heavy (non-hydrogen) atoms. The van der Waals surface area contributed by atoms with E-state index in [4.69, 9.17) is 0 Å². The molecule has 5 nitrogen and oxygen atoms in total. The molecule has 1 aliphatic carbocycles. The molecule has 5 heteroatoms. The summed E-state index contributed by atoms with van der Waals surface area (Å²) >= 11 is 0. The van der Waals surface area contributed by atoms with Crippen LogP contribution in [0, 0.1) is 5.92 Å². The molecule has 1 atom stereocenters. The SMILES string of the molecule is CCN1CCN(C(=O)C2CCCCC2)C(Cc2ccccc2-c2cccnc2)C1=O. The maximum Gasteiger partial charge on any atom is 0.245 e. The summed E-state index contributed by atoms with van der Waals surface area (Å²) in [5.41, 5.74) is 3.20. The Morgan fingerprint density at radius 2 is 1.87 bits per heavy atom. The number of aromatic nitrogens is 1. The quantitative estimate of drug-likeness (QED) is 0.757. The number of amides is 2. The fourth-order valence-electron chi connectivity index (χ4n) is 4.91. The Morgan fingerprint density at radius 3 is 2.60 bits per heavy atom. The van der Waals surface area contributed by atoms with E-state index in [1.807, 2.05) is 47.2 Å². The lowest BCUT2D eigenvalue weighted by Gasteiger charge is -2.42. The highest BCUT2D eigenvalue weighted by Gasteiger charge is 2.39.